The Kier molecular flexibility index (Phi) is 3.54. The average Bonchev–Trinajstić information content (AvgIpc) is 3.04. The molecule has 2 unspecified atom stereocenters. The van der Waals surface area contributed by atoms with Gasteiger partial charge in [-0.25, -0.2) is 8.78 Å². The van der Waals surface area contributed by atoms with Crippen molar-refractivity contribution in [2.24, 2.45) is 0 Å². The first-order valence-corrected chi connectivity index (χ1v) is 5.13. The SMILES string of the molecule is Fc1cccc(F)c1C(OCC1CO1)C(F)(F)F. The maximum atomic E-state index is 13.3. The zero-order valence-electron chi connectivity index (χ0n) is 9.01. The molecule has 1 aliphatic heterocycles. The van der Waals surface area contributed by atoms with Gasteiger partial charge < -0.3 is 9.47 Å². The molecule has 0 aliphatic carbocycles. The highest BCUT2D eigenvalue weighted by atomic mass is 19.4. The molecule has 0 N–H and O–H groups in total. The molecular formula is C11H9F5O2. The quantitative estimate of drug-likeness (QED) is 0.618. The Balaban J connectivity index is 2.26. The van der Waals surface area contributed by atoms with Crippen LogP contribution in [0.3, 0.4) is 0 Å². The summed E-state index contributed by atoms with van der Waals surface area (Å²) >= 11 is 0. The predicted octanol–water partition coefficient (Wildman–Crippen LogP) is 2.98. The van der Waals surface area contributed by atoms with Gasteiger partial charge in [0.25, 0.3) is 0 Å². The molecule has 1 aromatic rings. The van der Waals surface area contributed by atoms with Gasteiger partial charge in [0.15, 0.2) is 6.10 Å². The Morgan fingerprint density at radius 1 is 1.28 bits per heavy atom. The van der Waals surface area contributed by atoms with Crippen LogP contribution in [0.5, 0.6) is 0 Å². The maximum absolute atomic E-state index is 13.3. The van der Waals surface area contributed by atoms with Crippen LogP contribution in [0.2, 0.25) is 0 Å². The van der Waals surface area contributed by atoms with Crippen LogP contribution in [0.1, 0.15) is 11.7 Å². The van der Waals surface area contributed by atoms with Crippen LogP contribution in [0.25, 0.3) is 0 Å². The van der Waals surface area contributed by atoms with Crippen molar-refractivity contribution >= 4 is 0 Å². The monoisotopic (exact) mass is 268 g/mol. The lowest BCUT2D eigenvalue weighted by atomic mass is 10.1. The Hall–Kier alpha value is -1.21. The third-order valence-electron chi connectivity index (χ3n) is 2.41. The minimum atomic E-state index is -4.89. The van der Waals surface area contributed by atoms with E-state index in [-0.39, 0.29) is 6.61 Å². The average molecular weight is 268 g/mol. The first kappa shape index (κ1) is 13.2. The van der Waals surface area contributed by atoms with Crippen LogP contribution in [0.15, 0.2) is 18.2 Å². The van der Waals surface area contributed by atoms with E-state index < -0.39 is 35.6 Å². The van der Waals surface area contributed by atoms with Gasteiger partial charge in [-0.15, -0.1) is 0 Å². The normalized spacial score (nSPS) is 20.8. The van der Waals surface area contributed by atoms with Crippen LogP contribution < -0.4 is 0 Å². The molecule has 0 bridgehead atoms. The Morgan fingerprint density at radius 2 is 1.83 bits per heavy atom. The van der Waals surface area contributed by atoms with Crippen molar-refractivity contribution in [3.63, 3.8) is 0 Å². The van der Waals surface area contributed by atoms with Crippen molar-refractivity contribution in [1.29, 1.82) is 0 Å². The molecule has 0 amide bonds. The molecule has 18 heavy (non-hydrogen) atoms. The van der Waals surface area contributed by atoms with E-state index in [1.54, 1.807) is 0 Å². The Bertz CT molecular complexity index is 408. The number of hydrogen-bond donors (Lipinski definition) is 0. The number of halogens is 5. The number of epoxide rings is 1. The maximum Gasteiger partial charge on any atom is 0.419 e. The molecule has 0 saturated carbocycles. The summed E-state index contributed by atoms with van der Waals surface area (Å²) < 4.78 is 74.1. The van der Waals surface area contributed by atoms with Gasteiger partial charge in [-0.05, 0) is 12.1 Å². The van der Waals surface area contributed by atoms with E-state index in [0.29, 0.717) is 6.61 Å². The lowest BCUT2D eigenvalue weighted by Crippen LogP contribution is -2.27. The molecule has 1 saturated heterocycles. The minimum Gasteiger partial charge on any atom is -0.371 e. The molecule has 1 fully saturated rings. The van der Waals surface area contributed by atoms with E-state index in [2.05, 4.69) is 9.47 Å². The molecular weight excluding hydrogens is 259 g/mol. The molecule has 7 heteroatoms. The van der Waals surface area contributed by atoms with E-state index in [1.807, 2.05) is 0 Å². The molecule has 1 heterocycles. The lowest BCUT2D eigenvalue weighted by Gasteiger charge is -2.21. The molecule has 0 spiro atoms. The smallest absolute Gasteiger partial charge is 0.371 e. The largest absolute Gasteiger partial charge is 0.419 e. The van der Waals surface area contributed by atoms with Crippen molar-refractivity contribution in [2.75, 3.05) is 13.2 Å². The van der Waals surface area contributed by atoms with Gasteiger partial charge in [-0.1, -0.05) is 6.07 Å². The number of hydrogen-bond acceptors (Lipinski definition) is 2. The van der Waals surface area contributed by atoms with Crippen LogP contribution in [-0.4, -0.2) is 25.5 Å². The summed E-state index contributed by atoms with van der Waals surface area (Å²) in [5.41, 5.74) is -1.12. The first-order chi connectivity index (χ1) is 8.39. The fourth-order valence-corrected chi connectivity index (χ4v) is 1.47. The number of ether oxygens (including phenoxy) is 2. The molecule has 100 valence electrons. The van der Waals surface area contributed by atoms with Crippen molar-refractivity contribution in [3.05, 3.63) is 35.4 Å². The summed E-state index contributed by atoms with van der Waals surface area (Å²) in [4.78, 5) is 0. The second-order valence-corrected chi connectivity index (χ2v) is 3.85. The molecule has 0 aromatic heterocycles. The molecule has 1 aliphatic rings. The Labute approximate surface area is 99.3 Å². The molecule has 2 atom stereocenters. The van der Waals surface area contributed by atoms with Gasteiger partial charge in [0.2, 0.25) is 0 Å². The lowest BCUT2D eigenvalue weighted by molar-refractivity contribution is -0.226. The minimum absolute atomic E-state index is 0.296. The summed E-state index contributed by atoms with van der Waals surface area (Å²) in [6, 6.07) is 2.51. The molecule has 2 nitrogen and oxygen atoms in total. The van der Waals surface area contributed by atoms with Gasteiger partial charge in [0.05, 0.1) is 18.8 Å². The fourth-order valence-electron chi connectivity index (χ4n) is 1.47. The van der Waals surface area contributed by atoms with Crippen molar-refractivity contribution in [1.82, 2.24) is 0 Å². The van der Waals surface area contributed by atoms with Gasteiger partial charge in [-0.2, -0.15) is 13.2 Å². The fraction of sp³-hybridized carbons (Fsp3) is 0.455. The van der Waals surface area contributed by atoms with E-state index >= 15 is 0 Å². The summed E-state index contributed by atoms with van der Waals surface area (Å²) in [5.74, 6) is -2.57. The number of benzene rings is 1. The van der Waals surface area contributed by atoms with Crippen molar-refractivity contribution < 1.29 is 31.4 Å². The van der Waals surface area contributed by atoms with E-state index in [1.165, 1.54) is 0 Å². The summed E-state index contributed by atoms with van der Waals surface area (Å²) in [7, 11) is 0. The molecule has 0 radical (unpaired) electrons. The zero-order chi connectivity index (χ0) is 13.3. The third-order valence-corrected chi connectivity index (χ3v) is 2.41. The Morgan fingerprint density at radius 3 is 2.28 bits per heavy atom. The van der Waals surface area contributed by atoms with Crippen LogP contribution in [0.4, 0.5) is 22.0 Å². The first-order valence-electron chi connectivity index (χ1n) is 5.13. The van der Waals surface area contributed by atoms with Crippen LogP contribution >= 0.6 is 0 Å². The van der Waals surface area contributed by atoms with Gasteiger partial charge in [-0.3, -0.25) is 0 Å². The molecule has 1 aromatic carbocycles. The summed E-state index contributed by atoms with van der Waals surface area (Å²) in [6.07, 6.45) is -7.94. The molecule has 2 rings (SSSR count). The predicted molar refractivity (Wildman–Crippen MR) is 50.8 cm³/mol. The van der Waals surface area contributed by atoms with Crippen LogP contribution in [0, 0.1) is 11.6 Å². The van der Waals surface area contributed by atoms with Crippen LogP contribution in [-0.2, 0) is 9.47 Å². The van der Waals surface area contributed by atoms with Crippen molar-refractivity contribution in [3.8, 4) is 0 Å². The number of rotatable bonds is 4. The standard InChI is InChI=1S/C11H9F5O2/c12-7-2-1-3-8(13)9(7)10(11(14,15)16)18-5-6-4-17-6/h1-3,6,10H,4-5H2. The topological polar surface area (TPSA) is 21.8 Å². The number of alkyl halides is 3. The van der Waals surface area contributed by atoms with Gasteiger partial charge in [0.1, 0.15) is 17.7 Å². The summed E-state index contributed by atoms with van der Waals surface area (Å²) in [5, 5.41) is 0. The highest BCUT2D eigenvalue weighted by Crippen LogP contribution is 2.38. The highest BCUT2D eigenvalue weighted by Gasteiger charge is 2.45. The van der Waals surface area contributed by atoms with E-state index in [9.17, 15) is 22.0 Å². The van der Waals surface area contributed by atoms with Gasteiger partial charge >= 0.3 is 6.18 Å². The van der Waals surface area contributed by atoms with Gasteiger partial charge in [0, 0.05) is 0 Å². The second kappa shape index (κ2) is 4.81. The van der Waals surface area contributed by atoms with E-state index in [0.717, 1.165) is 18.2 Å². The van der Waals surface area contributed by atoms with Crippen molar-refractivity contribution in [2.45, 2.75) is 18.4 Å². The van der Waals surface area contributed by atoms with E-state index in [4.69, 9.17) is 0 Å². The highest BCUT2D eigenvalue weighted by molar-refractivity contribution is 5.23. The zero-order valence-corrected chi connectivity index (χ0v) is 9.01. The second-order valence-electron chi connectivity index (χ2n) is 3.85. The third kappa shape index (κ3) is 2.97. The summed E-state index contributed by atoms with van der Waals surface area (Å²) in [6.45, 7) is -0.0533.